The van der Waals surface area contributed by atoms with Crippen molar-refractivity contribution >= 4 is 17.1 Å². The van der Waals surface area contributed by atoms with Gasteiger partial charge in [0.05, 0.1) is 11.4 Å². The average Bonchev–Trinajstić information content (AvgIpc) is 2.49. The molecular weight excluding hydrogens is 234 g/mol. The summed E-state index contributed by atoms with van der Waals surface area (Å²) in [5, 5.41) is 8.44. The fourth-order valence-electron chi connectivity index (χ4n) is 1.93. The summed E-state index contributed by atoms with van der Waals surface area (Å²) < 4.78 is 0. The summed E-state index contributed by atoms with van der Waals surface area (Å²) in [6.45, 7) is 6.35. The van der Waals surface area contributed by atoms with Crippen molar-refractivity contribution in [3.05, 3.63) is 54.6 Å². The van der Waals surface area contributed by atoms with Crippen LogP contribution in [0.15, 0.2) is 64.8 Å². The van der Waals surface area contributed by atoms with Gasteiger partial charge in [-0.25, -0.2) is 0 Å². The zero-order valence-corrected chi connectivity index (χ0v) is 11.5. The second-order valence-electron chi connectivity index (χ2n) is 4.22. The van der Waals surface area contributed by atoms with Gasteiger partial charge < -0.3 is 4.90 Å². The molecule has 0 saturated carbocycles. The Balaban J connectivity index is 2.09. The number of hydrogen-bond acceptors (Lipinski definition) is 3. The second kappa shape index (κ2) is 6.69. The third-order valence-electron chi connectivity index (χ3n) is 3.02. The van der Waals surface area contributed by atoms with E-state index in [1.165, 1.54) is 5.69 Å². The van der Waals surface area contributed by atoms with E-state index in [0.29, 0.717) is 0 Å². The van der Waals surface area contributed by atoms with Crippen molar-refractivity contribution < 1.29 is 0 Å². The summed E-state index contributed by atoms with van der Waals surface area (Å²) in [6.07, 6.45) is 0. The molecular formula is C16H19N3. The molecule has 0 unspecified atom stereocenters. The molecule has 2 aromatic carbocycles. The molecule has 0 radical (unpaired) electrons. The maximum Gasteiger partial charge on any atom is 0.0858 e. The first-order valence-electron chi connectivity index (χ1n) is 6.65. The van der Waals surface area contributed by atoms with E-state index in [1.54, 1.807) is 0 Å². The van der Waals surface area contributed by atoms with Crippen molar-refractivity contribution in [2.24, 2.45) is 10.2 Å². The molecule has 0 heterocycles. The van der Waals surface area contributed by atoms with Gasteiger partial charge >= 0.3 is 0 Å². The van der Waals surface area contributed by atoms with Gasteiger partial charge in [-0.1, -0.05) is 18.2 Å². The van der Waals surface area contributed by atoms with Gasteiger partial charge in [0.25, 0.3) is 0 Å². The molecule has 0 saturated heterocycles. The van der Waals surface area contributed by atoms with E-state index in [1.807, 2.05) is 42.5 Å². The molecule has 0 aliphatic rings. The first-order chi connectivity index (χ1) is 9.33. The molecule has 19 heavy (non-hydrogen) atoms. The molecule has 0 amide bonds. The van der Waals surface area contributed by atoms with Gasteiger partial charge in [0.1, 0.15) is 0 Å². The Morgan fingerprint density at radius 2 is 1.26 bits per heavy atom. The van der Waals surface area contributed by atoms with Crippen LogP contribution >= 0.6 is 0 Å². The van der Waals surface area contributed by atoms with Crippen LogP contribution in [0.3, 0.4) is 0 Å². The van der Waals surface area contributed by atoms with E-state index in [0.717, 1.165) is 24.5 Å². The minimum absolute atomic E-state index is 0.871. The fourth-order valence-corrected chi connectivity index (χ4v) is 1.93. The Morgan fingerprint density at radius 1 is 0.737 bits per heavy atom. The topological polar surface area (TPSA) is 28.0 Å². The van der Waals surface area contributed by atoms with Crippen LogP contribution < -0.4 is 4.90 Å². The largest absolute Gasteiger partial charge is 0.372 e. The van der Waals surface area contributed by atoms with Crippen LogP contribution in [0, 0.1) is 0 Å². The quantitative estimate of drug-likeness (QED) is 0.693. The lowest BCUT2D eigenvalue weighted by Crippen LogP contribution is -2.21. The summed E-state index contributed by atoms with van der Waals surface area (Å²) in [5.74, 6) is 0. The number of nitrogens with zero attached hydrogens (tertiary/aromatic N) is 3. The number of benzene rings is 2. The SMILES string of the molecule is CCN(CC)c1ccc(/N=N\c2ccccc2)cc1. The predicted octanol–water partition coefficient (Wildman–Crippen LogP) is 4.95. The second-order valence-corrected chi connectivity index (χ2v) is 4.22. The van der Waals surface area contributed by atoms with Crippen molar-refractivity contribution in [2.45, 2.75) is 13.8 Å². The van der Waals surface area contributed by atoms with Crippen LogP contribution in [0.2, 0.25) is 0 Å². The van der Waals surface area contributed by atoms with Gasteiger partial charge in [0, 0.05) is 18.8 Å². The Labute approximate surface area is 114 Å². The van der Waals surface area contributed by atoms with E-state index < -0.39 is 0 Å². The number of azo groups is 1. The highest BCUT2D eigenvalue weighted by Gasteiger charge is 2.00. The van der Waals surface area contributed by atoms with Gasteiger partial charge in [0.2, 0.25) is 0 Å². The van der Waals surface area contributed by atoms with E-state index in [4.69, 9.17) is 0 Å². The molecule has 98 valence electrons. The van der Waals surface area contributed by atoms with Crippen LogP contribution in [0.25, 0.3) is 0 Å². The fraction of sp³-hybridized carbons (Fsp3) is 0.250. The van der Waals surface area contributed by atoms with Gasteiger partial charge in [-0.15, -0.1) is 0 Å². The van der Waals surface area contributed by atoms with Crippen molar-refractivity contribution in [1.29, 1.82) is 0 Å². The maximum atomic E-state index is 4.24. The van der Waals surface area contributed by atoms with Crippen molar-refractivity contribution in [3.8, 4) is 0 Å². The van der Waals surface area contributed by atoms with Crippen LogP contribution in [0.4, 0.5) is 17.1 Å². The van der Waals surface area contributed by atoms with E-state index in [2.05, 4.69) is 41.1 Å². The van der Waals surface area contributed by atoms with Crippen LogP contribution in [0.1, 0.15) is 13.8 Å². The van der Waals surface area contributed by atoms with E-state index >= 15 is 0 Å². The minimum Gasteiger partial charge on any atom is -0.372 e. The highest BCUT2D eigenvalue weighted by molar-refractivity contribution is 5.52. The molecule has 3 nitrogen and oxygen atoms in total. The Bertz CT molecular complexity index is 513. The Kier molecular flexibility index (Phi) is 4.67. The van der Waals surface area contributed by atoms with Crippen LogP contribution in [-0.2, 0) is 0 Å². The number of anilines is 1. The molecule has 0 aromatic heterocycles. The maximum absolute atomic E-state index is 4.24. The lowest BCUT2D eigenvalue weighted by atomic mass is 10.2. The third kappa shape index (κ3) is 3.65. The number of rotatable bonds is 5. The molecule has 0 aliphatic carbocycles. The molecule has 0 spiro atoms. The Hall–Kier alpha value is -2.16. The summed E-state index contributed by atoms with van der Waals surface area (Å²) in [6, 6.07) is 17.9. The van der Waals surface area contributed by atoms with Gasteiger partial charge in [-0.2, -0.15) is 10.2 Å². The summed E-state index contributed by atoms with van der Waals surface area (Å²) in [7, 11) is 0. The van der Waals surface area contributed by atoms with Gasteiger partial charge in [-0.3, -0.25) is 0 Å². The number of hydrogen-bond donors (Lipinski definition) is 0. The monoisotopic (exact) mass is 253 g/mol. The van der Waals surface area contributed by atoms with Gasteiger partial charge in [-0.05, 0) is 50.2 Å². The smallest absolute Gasteiger partial charge is 0.0858 e. The van der Waals surface area contributed by atoms with Crippen molar-refractivity contribution in [3.63, 3.8) is 0 Å². The lowest BCUT2D eigenvalue weighted by Gasteiger charge is -2.20. The molecule has 0 bridgehead atoms. The molecule has 0 N–H and O–H groups in total. The highest BCUT2D eigenvalue weighted by Crippen LogP contribution is 2.21. The van der Waals surface area contributed by atoms with Gasteiger partial charge in [0.15, 0.2) is 0 Å². The van der Waals surface area contributed by atoms with Crippen LogP contribution in [0.5, 0.6) is 0 Å². The summed E-state index contributed by atoms with van der Waals surface area (Å²) in [5.41, 5.74) is 2.97. The first-order valence-corrected chi connectivity index (χ1v) is 6.65. The third-order valence-corrected chi connectivity index (χ3v) is 3.02. The van der Waals surface area contributed by atoms with Crippen molar-refractivity contribution in [2.75, 3.05) is 18.0 Å². The van der Waals surface area contributed by atoms with Crippen LogP contribution in [-0.4, -0.2) is 13.1 Å². The summed E-state index contributed by atoms with van der Waals surface area (Å²) >= 11 is 0. The van der Waals surface area contributed by atoms with Crippen molar-refractivity contribution in [1.82, 2.24) is 0 Å². The Morgan fingerprint density at radius 3 is 1.79 bits per heavy atom. The molecule has 0 atom stereocenters. The summed E-state index contributed by atoms with van der Waals surface area (Å²) in [4.78, 5) is 2.30. The van der Waals surface area contributed by atoms with E-state index in [9.17, 15) is 0 Å². The molecule has 2 rings (SSSR count). The lowest BCUT2D eigenvalue weighted by molar-refractivity contribution is 0.866. The first kappa shape index (κ1) is 13.3. The zero-order valence-electron chi connectivity index (χ0n) is 11.5. The molecule has 0 fully saturated rings. The normalized spacial score (nSPS) is 10.8. The molecule has 2 aromatic rings. The minimum atomic E-state index is 0.871. The van der Waals surface area contributed by atoms with E-state index in [-0.39, 0.29) is 0 Å². The standard InChI is InChI=1S/C16H19N3/c1-3-19(4-2)16-12-10-15(11-13-16)18-17-14-8-6-5-7-9-14/h5-13H,3-4H2,1-2H3/b18-17-. The molecule has 0 aliphatic heterocycles. The average molecular weight is 253 g/mol. The molecule has 3 heteroatoms. The predicted molar refractivity (Wildman–Crippen MR) is 80.6 cm³/mol. The zero-order chi connectivity index (χ0) is 13.5. The highest BCUT2D eigenvalue weighted by atomic mass is 15.1.